The molecular formula is C15H9ClN3O4S-. The van der Waals surface area contributed by atoms with E-state index in [2.05, 4.69) is 10.3 Å². The number of hydrogen-bond acceptors (Lipinski definition) is 6. The summed E-state index contributed by atoms with van der Waals surface area (Å²) < 4.78 is 0. The number of pyridine rings is 1. The lowest BCUT2D eigenvalue weighted by molar-refractivity contribution is -0.255. The van der Waals surface area contributed by atoms with Crippen molar-refractivity contribution < 1.29 is 14.7 Å². The molecule has 0 saturated carbocycles. The van der Waals surface area contributed by atoms with Crippen molar-refractivity contribution in [2.75, 3.05) is 11.1 Å². The molecule has 24 heavy (non-hydrogen) atoms. The van der Waals surface area contributed by atoms with Crippen LogP contribution >= 0.6 is 22.9 Å². The van der Waals surface area contributed by atoms with Crippen LogP contribution < -0.4 is 21.7 Å². The molecule has 0 aliphatic carbocycles. The normalized spacial score (nSPS) is 10.7. The van der Waals surface area contributed by atoms with Crippen LogP contribution in [0.15, 0.2) is 35.1 Å². The lowest BCUT2D eigenvalue weighted by atomic mass is 10.2. The van der Waals surface area contributed by atoms with Crippen LogP contribution in [0.3, 0.4) is 0 Å². The predicted molar refractivity (Wildman–Crippen MR) is 90.6 cm³/mol. The minimum atomic E-state index is -1.61. The van der Waals surface area contributed by atoms with Gasteiger partial charge in [0, 0.05) is 16.1 Å². The van der Waals surface area contributed by atoms with Gasteiger partial charge in [-0.2, -0.15) is 0 Å². The number of nitrogens with one attached hydrogen (secondary N) is 2. The maximum Gasteiger partial charge on any atom is 0.267 e. The topological polar surface area (TPSA) is 128 Å². The fraction of sp³-hybridized carbons (Fsp3) is 0. The van der Waals surface area contributed by atoms with Gasteiger partial charge in [0.05, 0.1) is 17.2 Å². The number of aromatic amines is 1. The Labute approximate surface area is 143 Å². The molecule has 4 N–H and O–H groups in total. The largest absolute Gasteiger partial charge is 0.545 e. The zero-order valence-corrected chi connectivity index (χ0v) is 13.5. The summed E-state index contributed by atoms with van der Waals surface area (Å²) in [6.45, 7) is 0. The van der Waals surface area contributed by atoms with Crippen molar-refractivity contribution in [1.29, 1.82) is 0 Å². The average Bonchev–Trinajstić information content (AvgIpc) is 2.85. The summed E-state index contributed by atoms with van der Waals surface area (Å²) >= 11 is 6.74. The second-order valence-electron chi connectivity index (χ2n) is 4.85. The molecule has 9 heteroatoms. The second-order valence-corrected chi connectivity index (χ2v) is 6.31. The van der Waals surface area contributed by atoms with Crippen LogP contribution in [0.1, 0.15) is 20.0 Å². The molecule has 0 radical (unpaired) electrons. The highest BCUT2D eigenvalue weighted by Gasteiger charge is 2.18. The van der Waals surface area contributed by atoms with E-state index >= 15 is 0 Å². The predicted octanol–water partition coefficient (Wildman–Crippen LogP) is 1.44. The minimum Gasteiger partial charge on any atom is -0.545 e. The molecule has 1 aromatic carbocycles. The van der Waals surface area contributed by atoms with Gasteiger partial charge in [-0.05, 0) is 30.3 Å². The number of carboxylic acid groups (broad SMARTS) is 1. The molecule has 0 fully saturated rings. The lowest BCUT2D eigenvalue weighted by Gasteiger charge is -2.04. The highest BCUT2D eigenvalue weighted by molar-refractivity contribution is 7.21. The number of halogens is 1. The summed E-state index contributed by atoms with van der Waals surface area (Å²) in [5, 5.41) is 14.4. The molecular weight excluding hydrogens is 354 g/mol. The summed E-state index contributed by atoms with van der Waals surface area (Å²) in [4.78, 5) is 37.8. The fourth-order valence-corrected chi connectivity index (χ4v) is 3.23. The summed E-state index contributed by atoms with van der Waals surface area (Å²) in [5.74, 6) is -2.09. The Morgan fingerprint density at radius 3 is 2.54 bits per heavy atom. The maximum atomic E-state index is 12.4. The molecule has 2 heterocycles. The van der Waals surface area contributed by atoms with Gasteiger partial charge >= 0.3 is 0 Å². The molecule has 1 amide bonds. The molecule has 122 valence electrons. The molecule has 0 aliphatic heterocycles. The van der Waals surface area contributed by atoms with E-state index in [9.17, 15) is 19.5 Å². The fourth-order valence-electron chi connectivity index (χ4n) is 2.11. The van der Waals surface area contributed by atoms with E-state index in [-0.39, 0.29) is 16.0 Å². The molecule has 0 unspecified atom stereocenters. The van der Waals surface area contributed by atoms with E-state index < -0.39 is 23.0 Å². The van der Waals surface area contributed by atoms with Crippen molar-refractivity contribution in [2.24, 2.45) is 0 Å². The number of benzene rings is 1. The third-order valence-corrected chi connectivity index (χ3v) is 4.66. The van der Waals surface area contributed by atoms with Crippen LogP contribution in [-0.4, -0.2) is 16.9 Å². The number of nitrogens with two attached hydrogens (primary N) is 1. The Balaban J connectivity index is 2.01. The van der Waals surface area contributed by atoms with Crippen LogP contribution in [-0.2, 0) is 0 Å². The number of nitrogen functional groups attached to an aromatic ring is 1. The first-order valence-corrected chi connectivity index (χ1v) is 7.80. The average molecular weight is 363 g/mol. The number of aromatic nitrogens is 1. The molecule has 0 atom stereocenters. The number of amides is 1. The van der Waals surface area contributed by atoms with Gasteiger partial charge in [0.2, 0.25) is 0 Å². The number of carboxylic acids is 1. The number of anilines is 2. The van der Waals surface area contributed by atoms with Gasteiger partial charge in [-0.25, -0.2) is 0 Å². The Bertz CT molecular complexity index is 1020. The molecule has 7 nitrogen and oxygen atoms in total. The van der Waals surface area contributed by atoms with Crippen molar-refractivity contribution in [1.82, 2.24) is 4.98 Å². The number of fused-ring (bicyclic) bond motifs is 1. The van der Waals surface area contributed by atoms with Gasteiger partial charge in [-0.1, -0.05) is 11.6 Å². The highest BCUT2D eigenvalue weighted by Crippen LogP contribution is 2.32. The van der Waals surface area contributed by atoms with Crippen LogP contribution in [0.5, 0.6) is 0 Å². The van der Waals surface area contributed by atoms with E-state index in [0.29, 0.717) is 15.5 Å². The molecule has 3 rings (SSSR count). The highest BCUT2D eigenvalue weighted by atomic mass is 35.5. The van der Waals surface area contributed by atoms with Crippen LogP contribution in [0.2, 0.25) is 5.02 Å². The van der Waals surface area contributed by atoms with E-state index in [1.54, 1.807) is 24.3 Å². The molecule has 0 spiro atoms. The summed E-state index contributed by atoms with van der Waals surface area (Å²) in [6.07, 6.45) is 0. The van der Waals surface area contributed by atoms with Gasteiger partial charge in [-0.3, -0.25) is 9.59 Å². The standard InChI is InChI=1S/C15H10ClN3O4S/c16-6-1-3-7(4-2-6)18-13(21)11-10(17)8-5-9(15(22)23)12(20)19-14(8)24-11/h1-5H,17H2,(H,18,21)(H,19,20)(H,22,23)/p-1. The van der Waals surface area contributed by atoms with Gasteiger partial charge < -0.3 is 25.9 Å². The third kappa shape index (κ3) is 2.84. The number of carbonyl (C=O) groups excluding carboxylic acids is 2. The minimum absolute atomic E-state index is 0.0835. The van der Waals surface area contributed by atoms with Crippen LogP contribution in [0, 0.1) is 0 Å². The first-order valence-electron chi connectivity index (χ1n) is 6.60. The van der Waals surface area contributed by atoms with Gasteiger partial charge in [-0.15, -0.1) is 11.3 Å². The summed E-state index contributed by atoms with van der Waals surface area (Å²) in [6, 6.07) is 7.60. The molecule has 3 aromatic rings. The number of hydrogen-bond donors (Lipinski definition) is 3. The van der Waals surface area contributed by atoms with E-state index in [0.717, 1.165) is 17.4 Å². The van der Waals surface area contributed by atoms with Gasteiger partial charge in [0.15, 0.2) is 0 Å². The van der Waals surface area contributed by atoms with Crippen molar-refractivity contribution in [3.8, 4) is 0 Å². The maximum absolute atomic E-state index is 12.4. The Kier molecular flexibility index (Phi) is 4.00. The van der Waals surface area contributed by atoms with Gasteiger partial charge in [0.25, 0.3) is 11.5 Å². The van der Waals surface area contributed by atoms with Gasteiger partial charge in [0.1, 0.15) is 9.71 Å². The van der Waals surface area contributed by atoms with Crippen molar-refractivity contribution in [2.45, 2.75) is 0 Å². The molecule has 0 aliphatic rings. The molecule has 0 saturated heterocycles. The number of rotatable bonds is 3. The van der Waals surface area contributed by atoms with Crippen molar-refractivity contribution in [3.05, 3.63) is 56.1 Å². The monoisotopic (exact) mass is 362 g/mol. The number of aromatic carboxylic acids is 1. The third-order valence-electron chi connectivity index (χ3n) is 3.27. The van der Waals surface area contributed by atoms with Crippen LogP contribution in [0.4, 0.5) is 11.4 Å². The van der Waals surface area contributed by atoms with Crippen molar-refractivity contribution in [3.63, 3.8) is 0 Å². The Morgan fingerprint density at radius 2 is 1.92 bits per heavy atom. The van der Waals surface area contributed by atoms with Crippen LogP contribution in [0.25, 0.3) is 10.2 Å². The Morgan fingerprint density at radius 1 is 1.25 bits per heavy atom. The number of carbonyl (C=O) groups is 2. The van der Waals surface area contributed by atoms with Crippen molar-refractivity contribution >= 4 is 56.4 Å². The van der Waals surface area contributed by atoms with E-state index in [4.69, 9.17) is 17.3 Å². The second kappa shape index (κ2) is 5.99. The number of thiophene rings is 1. The quantitative estimate of drug-likeness (QED) is 0.649. The Hall–Kier alpha value is -2.84. The zero-order valence-electron chi connectivity index (χ0n) is 11.9. The first-order chi connectivity index (χ1) is 11.4. The molecule has 2 aromatic heterocycles. The smallest absolute Gasteiger partial charge is 0.267 e. The molecule has 0 bridgehead atoms. The number of H-pyrrole nitrogens is 1. The summed E-state index contributed by atoms with van der Waals surface area (Å²) in [7, 11) is 0. The first kappa shape index (κ1) is 16.0. The zero-order chi connectivity index (χ0) is 17.4. The van der Waals surface area contributed by atoms with E-state index in [1.807, 2.05) is 0 Å². The lowest BCUT2D eigenvalue weighted by Crippen LogP contribution is -2.29. The SMILES string of the molecule is Nc1c(C(=O)Nc2ccc(Cl)cc2)sc2[nH]c(=O)c(C(=O)[O-])cc12. The summed E-state index contributed by atoms with van der Waals surface area (Å²) in [5.41, 5.74) is 5.18. The van der Waals surface area contributed by atoms with E-state index in [1.165, 1.54) is 0 Å².